The highest BCUT2D eigenvalue weighted by Gasteiger charge is 2.12. The molecule has 1 aromatic carbocycles. The minimum Gasteiger partial charge on any atom is -0.497 e. The number of methoxy groups -OCH3 is 1. The third-order valence-electron chi connectivity index (χ3n) is 2.13. The van der Waals surface area contributed by atoms with Crippen LogP contribution in [0.5, 0.6) is 5.75 Å². The summed E-state index contributed by atoms with van der Waals surface area (Å²) >= 11 is 0. The standard InChI is InChI=1S/C10H12O4/c1-6-7(5-11)3-8(14-2)4-9(6)10(12)13/h3-4,11H,5H2,1-2H3,(H,12,13). The molecule has 1 rings (SSSR count). The van der Waals surface area contributed by atoms with Gasteiger partial charge in [0.25, 0.3) is 0 Å². The summed E-state index contributed by atoms with van der Waals surface area (Å²) in [6.45, 7) is 1.47. The molecule has 0 unspecified atom stereocenters. The molecular weight excluding hydrogens is 184 g/mol. The van der Waals surface area contributed by atoms with Crippen molar-refractivity contribution in [1.82, 2.24) is 0 Å². The van der Waals surface area contributed by atoms with E-state index in [1.54, 1.807) is 13.0 Å². The first-order chi connectivity index (χ1) is 6.60. The molecule has 14 heavy (non-hydrogen) atoms. The SMILES string of the molecule is COc1cc(CO)c(C)c(C(=O)O)c1. The normalized spacial score (nSPS) is 9.93. The van der Waals surface area contributed by atoms with E-state index in [4.69, 9.17) is 14.9 Å². The maximum absolute atomic E-state index is 10.8. The number of benzene rings is 1. The van der Waals surface area contributed by atoms with E-state index in [0.717, 1.165) is 0 Å². The Kier molecular flexibility index (Phi) is 3.09. The molecule has 0 bridgehead atoms. The number of carboxylic acids is 1. The highest BCUT2D eigenvalue weighted by atomic mass is 16.5. The van der Waals surface area contributed by atoms with Gasteiger partial charge in [0.1, 0.15) is 5.75 Å². The van der Waals surface area contributed by atoms with Crippen molar-refractivity contribution >= 4 is 5.97 Å². The highest BCUT2D eigenvalue weighted by Crippen LogP contribution is 2.22. The van der Waals surface area contributed by atoms with Crippen molar-refractivity contribution in [2.45, 2.75) is 13.5 Å². The van der Waals surface area contributed by atoms with E-state index in [1.807, 2.05) is 0 Å². The van der Waals surface area contributed by atoms with Crippen molar-refractivity contribution in [3.8, 4) is 5.75 Å². The fraction of sp³-hybridized carbons (Fsp3) is 0.300. The van der Waals surface area contributed by atoms with Crippen LogP contribution in [0.1, 0.15) is 21.5 Å². The van der Waals surface area contributed by atoms with Gasteiger partial charge >= 0.3 is 5.97 Å². The molecule has 0 aromatic heterocycles. The molecule has 0 aliphatic rings. The van der Waals surface area contributed by atoms with Crippen molar-refractivity contribution in [3.63, 3.8) is 0 Å². The molecule has 0 saturated heterocycles. The molecular formula is C10H12O4. The lowest BCUT2D eigenvalue weighted by molar-refractivity contribution is 0.0695. The van der Waals surface area contributed by atoms with E-state index in [1.165, 1.54) is 13.2 Å². The molecule has 0 aliphatic carbocycles. The highest BCUT2D eigenvalue weighted by molar-refractivity contribution is 5.90. The topological polar surface area (TPSA) is 66.8 Å². The van der Waals surface area contributed by atoms with Gasteiger partial charge in [-0.25, -0.2) is 4.79 Å². The average molecular weight is 196 g/mol. The van der Waals surface area contributed by atoms with Crippen molar-refractivity contribution in [3.05, 3.63) is 28.8 Å². The van der Waals surface area contributed by atoms with Crippen LogP contribution in [0, 0.1) is 6.92 Å². The number of carboxylic acid groups (broad SMARTS) is 1. The van der Waals surface area contributed by atoms with Crippen LogP contribution in [0.2, 0.25) is 0 Å². The predicted octanol–water partition coefficient (Wildman–Crippen LogP) is 1.19. The van der Waals surface area contributed by atoms with Gasteiger partial charge in [0.15, 0.2) is 0 Å². The maximum Gasteiger partial charge on any atom is 0.336 e. The molecule has 4 heteroatoms. The predicted molar refractivity (Wildman–Crippen MR) is 50.6 cm³/mol. The molecule has 0 amide bonds. The molecule has 4 nitrogen and oxygen atoms in total. The van der Waals surface area contributed by atoms with Crippen LogP contribution in [-0.2, 0) is 6.61 Å². The number of rotatable bonds is 3. The van der Waals surface area contributed by atoms with Gasteiger partial charge in [-0.15, -0.1) is 0 Å². The maximum atomic E-state index is 10.8. The van der Waals surface area contributed by atoms with E-state index in [9.17, 15) is 4.79 Å². The zero-order chi connectivity index (χ0) is 10.7. The van der Waals surface area contributed by atoms with E-state index in [0.29, 0.717) is 16.9 Å². The molecule has 1 aromatic rings. The van der Waals surface area contributed by atoms with Crippen molar-refractivity contribution in [2.75, 3.05) is 7.11 Å². The van der Waals surface area contributed by atoms with Crippen LogP contribution in [0.3, 0.4) is 0 Å². The number of ether oxygens (including phenoxy) is 1. The second-order valence-corrected chi connectivity index (χ2v) is 2.92. The number of aliphatic hydroxyl groups is 1. The van der Waals surface area contributed by atoms with Crippen molar-refractivity contribution in [2.24, 2.45) is 0 Å². The molecule has 0 fully saturated rings. The Morgan fingerprint density at radius 1 is 1.50 bits per heavy atom. The number of carbonyl (C=O) groups is 1. The number of hydrogen-bond donors (Lipinski definition) is 2. The first kappa shape index (κ1) is 10.5. The van der Waals surface area contributed by atoms with E-state index >= 15 is 0 Å². The van der Waals surface area contributed by atoms with Gasteiger partial charge in [0.2, 0.25) is 0 Å². The van der Waals surface area contributed by atoms with Gasteiger partial charge in [0, 0.05) is 0 Å². The average Bonchev–Trinajstić information content (AvgIpc) is 2.17. The Morgan fingerprint density at radius 2 is 2.14 bits per heavy atom. The van der Waals surface area contributed by atoms with E-state index in [2.05, 4.69) is 0 Å². The van der Waals surface area contributed by atoms with Crippen LogP contribution in [0.4, 0.5) is 0 Å². The number of hydrogen-bond acceptors (Lipinski definition) is 3. The monoisotopic (exact) mass is 196 g/mol. The van der Waals surface area contributed by atoms with Crippen LogP contribution in [-0.4, -0.2) is 23.3 Å². The second kappa shape index (κ2) is 4.11. The van der Waals surface area contributed by atoms with Crippen molar-refractivity contribution < 1.29 is 19.7 Å². The zero-order valence-electron chi connectivity index (χ0n) is 8.07. The molecule has 0 spiro atoms. The van der Waals surface area contributed by atoms with Gasteiger partial charge in [-0.05, 0) is 30.2 Å². The van der Waals surface area contributed by atoms with E-state index in [-0.39, 0.29) is 12.2 Å². The van der Waals surface area contributed by atoms with Gasteiger partial charge in [0.05, 0.1) is 19.3 Å². The summed E-state index contributed by atoms with van der Waals surface area (Å²) in [5.74, 6) is -0.576. The van der Waals surface area contributed by atoms with Gasteiger partial charge in [-0.3, -0.25) is 0 Å². The van der Waals surface area contributed by atoms with Crippen LogP contribution in [0.15, 0.2) is 12.1 Å². The summed E-state index contributed by atoms with van der Waals surface area (Å²) in [6.07, 6.45) is 0. The van der Waals surface area contributed by atoms with Crippen LogP contribution >= 0.6 is 0 Å². The van der Waals surface area contributed by atoms with Gasteiger partial charge < -0.3 is 14.9 Å². The Balaban J connectivity index is 3.34. The minimum atomic E-state index is -1.02. The zero-order valence-corrected chi connectivity index (χ0v) is 8.07. The Morgan fingerprint density at radius 3 is 2.57 bits per heavy atom. The quantitative estimate of drug-likeness (QED) is 0.762. The summed E-state index contributed by atoms with van der Waals surface area (Å²) in [7, 11) is 1.46. The Hall–Kier alpha value is -1.55. The van der Waals surface area contributed by atoms with Crippen molar-refractivity contribution in [1.29, 1.82) is 0 Å². The summed E-state index contributed by atoms with van der Waals surface area (Å²) in [5, 5.41) is 17.9. The summed E-state index contributed by atoms with van der Waals surface area (Å²) < 4.78 is 4.93. The summed E-state index contributed by atoms with van der Waals surface area (Å²) in [4.78, 5) is 10.8. The third kappa shape index (κ3) is 1.85. The lowest BCUT2D eigenvalue weighted by atomic mass is 10.0. The molecule has 0 aliphatic heterocycles. The van der Waals surface area contributed by atoms with Crippen LogP contribution < -0.4 is 4.74 Å². The largest absolute Gasteiger partial charge is 0.497 e. The second-order valence-electron chi connectivity index (χ2n) is 2.92. The van der Waals surface area contributed by atoms with Gasteiger partial charge in [-0.2, -0.15) is 0 Å². The lowest BCUT2D eigenvalue weighted by Gasteiger charge is -2.09. The minimum absolute atomic E-state index is 0.161. The molecule has 2 N–H and O–H groups in total. The first-order valence-corrected chi connectivity index (χ1v) is 4.11. The number of aromatic carboxylic acids is 1. The summed E-state index contributed by atoms with van der Waals surface area (Å²) in [6, 6.07) is 3.07. The Labute approximate surface area is 81.8 Å². The smallest absolute Gasteiger partial charge is 0.336 e. The first-order valence-electron chi connectivity index (χ1n) is 4.11. The summed E-state index contributed by atoms with van der Waals surface area (Å²) in [5.41, 5.74) is 1.30. The molecule has 0 radical (unpaired) electrons. The molecule has 0 saturated carbocycles. The molecule has 76 valence electrons. The molecule has 0 atom stereocenters. The fourth-order valence-corrected chi connectivity index (χ4v) is 1.25. The van der Waals surface area contributed by atoms with Gasteiger partial charge in [-0.1, -0.05) is 0 Å². The molecule has 0 heterocycles. The van der Waals surface area contributed by atoms with Crippen LogP contribution in [0.25, 0.3) is 0 Å². The fourth-order valence-electron chi connectivity index (χ4n) is 1.25. The van der Waals surface area contributed by atoms with E-state index < -0.39 is 5.97 Å². The third-order valence-corrected chi connectivity index (χ3v) is 2.13. The lowest BCUT2D eigenvalue weighted by Crippen LogP contribution is -2.04. The number of aliphatic hydroxyl groups excluding tert-OH is 1. The Bertz CT molecular complexity index is 357.